The molecule has 1 unspecified atom stereocenters. The van der Waals surface area contributed by atoms with Gasteiger partial charge >= 0.3 is 5.97 Å². The molecule has 2 heterocycles. The molecule has 0 bridgehead atoms. The highest BCUT2D eigenvalue weighted by Crippen LogP contribution is 2.24. The van der Waals surface area contributed by atoms with Crippen molar-refractivity contribution < 1.29 is 13.9 Å². The molecule has 0 radical (unpaired) electrons. The zero-order valence-electron chi connectivity index (χ0n) is 10.5. The molecule has 5 heteroatoms. The number of piperidine rings is 1. The number of hydrogen-bond donors (Lipinski definition) is 0. The second kappa shape index (κ2) is 6.38. The highest BCUT2D eigenvalue weighted by molar-refractivity contribution is 9.10. The highest BCUT2D eigenvalue weighted by atomic mass is 79.9. The maximum atomic E-state index is 11.4. The summed E-state index contributed by atoms with van der Waals surface area (Å²) in [6, 6.07) is 4.14. The first-order valence-corrected chi connectivity index (χ1v) is 7.03. The minimum absolute atomic E-state index is 0.132. The number of methoxy groups -OCH3 is 1. The first kappa shape index (κ1) is 13.6. The third-order valence-corrected chi connectivity index (χ3v) is 3.79. The maximum Gasteiger partial charge on any atom is 0.307 e. The lowest BCUT2D eigenvalue weighted by molar-refractivity contribution is -0.142. The first-order chi connectivity index (χ1) is 8.69. The first-order valence-electron chi connectivity index (χ1n) is 6.24. The normalized spacial score (nSPS) is 20.9. The van der Waals surface area contributed by atoms with Crippen molar-refractivity contribution in [3.63, 3.8) is 0 Å². The van der Waals surface area contributed by atoms with E-state index in [0.29, 0.717) is 6.42 Å². The van der Waals surface area contributed by atoms with Crippen LogP contribution in [0.15, 0.2) is 21.2 Å². The molecular weight excluding hydrogens is 298 g/mol. The van der Waals surface area contributed by atoms with Crippen LogP contribution in [0.25, 0.3) is 0 Å². The van der Waals surface area contributed by atoms with Gasteiger partial charge in [0.2, 0.25) is 0 Å². The Morgan fingerprint density at radius 3 is 3.06 bits per heavy atom. The van der Waals surface area contributed by atoms with Gasteiger partial charge in [0.05, 0.1) is 20.1 Å². The molecule has 18 heavy (non-hydrogen) atoms. The van der Waals surface area contributed by atoms with Crippen LogP contribution in [-0.4, -0.2) is 30.6 Å². The van der Waals surface area contributed by atoms with Crippen molar-refractivity contribution in [2.45, 2.75) is 38.3 Å². The van der Waals surface area contributed by atoms with E-state index < -0.39 is 0 Å². The lowest BCUT2D eigenvalue weighted by atomic mass is 9.99. The second-order valence-electron chi connectivity index (χ2n) is 4.61. The van der Waals surface area contributed by atoms with Crippen LogP contribution in [0.4, 0.5) is 0 Å². The number of halogens is 1. The van der Waals surface area contributed by atoms with Gasteiger partial charge < -0.3 is 9.15 Å². The van der Waals surface area contributed by atoms with Crippen LogP contribution < -0.4 is 0 Å². The molecule has 0 N–H and O–H groups in total. The minimum atomic E-state index is -0.132. The van der Waals surface area contributed by atoms with Crippen molar-refractivity contribution in [2.24, 2.45) is 0 Å². The van der Waals surface area contributed by atoms with E-state index in [0.717, 1.165) is 29.9 Å². The zero-order chi connectivity index (χ0) is 13.0. The van der Waals surface area contributed by atoms with E-state index >= 15 is 0 Å². The molecule has 100 valence electrons. The third-order valence-electron chi connectivity index (χ3n) is 3.37. The van der Waals surface area contributed by atoms with Crippen molar-refractivity contribution in [3.05, 3.63) is 22.6 Å². The molecular formula is C13H18BrNO3. The number of nitrogens with zero attached hydrogens (tertiary/aromatic N) is 1. The number of esters is 1. The van der Waals surface area contributed by atoms with Gasteiger partial charge in [-0.2, -0.15) is 0 Å². The number of carbonyl (C=O) groups is 1. The molecule has 1 aliphatic rings. The van der Waals surface area contributed by atoms with Crippen LogP contribution in [-0.2, 0) is 16.1 Å². The van der Waals surface area contributed by atoms with Crippen LogP contribution in [0.1, 0.15) is 31.4 Å². The molecule has 0 aliphatic carbocycles. The number of furan rings is 1. The summed E-state index contributed by atoms with van der Waals surface area (Å²) in [5, 5.41) is 0. The Kier molecular flexibility index (Phi) is 4.83. The molecule has 1 fully saturated rings. The van der Waals surface area contributed by atoms with Gasteiger partial charge in [-0.3, -0.25) is 9.69 Å². The quantitative estimate of drug-likeness (QED) is 0.801. The summed E-state index contributed by atoms with van der Waals surface area (Å²) in [4.78, 5) is 13.7. The Labute approximate surface area is 115 Å². The van der Waals surface area contributed by atoms with Crippen LogP contribution in [0.5, 0.6) is 0 Å². The summed E-state index contributed by atoms with van der Waals surface area (Å²) in [6.07, 6.45) is 3.88. The second-order valence-corrected chi connectivity index (χ2v) is 5.39. The van der Waals surface area contributed by atoms with Crippen molar-refractivity contribution in [1.29, 1.82) is 0 Å². The number of rotatable bonds is 4. The van der Waals surface area contributed by atoms with Crippen molar-refractivity contribution in [3.8, 4) is 0 Å². The summed E-state index contributed by atoms with van der Waals surface area (Å²) in [5.74, 6) is 0.797. The third kappa shape index (κ3) is 3.59. The van der Waals surface area contributed by atoms with E-state index in [9.17, 15) is 4.79 Å². The molecule has 4 nitrogen and oxygen atoms in total. The van der Waals surface area contributed by atoms with Crippen molar-refractivity contribution >= 4 is 21.9 Å². The number of likely N-dealkylation sites (tertiary alicyclic amines) is 1. The van der Waals surface area contributed by atoms with Crippen LogP contribution in [0.3, 0.4) is 0 Å². The molecule has 0 saturated carbocycles. The molecule has 1 aromatic heterocycles. The van der Waals surface area contributed by atoms with Gasteiger partial charge in [0.15, 0.2) is 4.67 Å². The largest absolute Gasteiger partial charge is 0.469 e. The number of carbonyl (C=O) groups excluding carboxylic acids is 1. The van der Waals surface area contributed by atoms with E-state index in [2.05, 4.69) is 20.8 Å². The van der Waals surface area contributed by atoms with Gasteiger partial charge in [0.1, 0.15) is 5.76 Å². The van der Waals surface area contributed by atoms with Crippen molar-refractivity contribution in [2.75, 3.05) is 13.7 Å². The van der Waals surface area contributed by atoms with Gasteiger partial charge in [-0.05, 0) is 47.4 Å². The van der Waals surface area contributed by atoms with E-state index in [1.807, 2.05) is 12.1 Å². The van der Waals surface area contributed by atoms with Crippen LogP contribution in [0.2, 0.25) is 0 Å². The topological polar surface area (TPSA) is 42.7 Å². The Morgan fingerprint density at radius 1 is 1.56 bits per heavy atom. The van der Waals surface area contributed by atoms with Gasteiger partial charge in [-0.15, -0.1) is 0 Å². The van der Waals surface area contributed by atoms with E-state index in [1.54, 1.807) is 0 Å². The summed E-state index contributed by atoms with van der Waals surface area (Å²) in [5.41, 5.74) is 0. The van der Waals surface area contributed by atoms with Crippen LogP contribution in [0, 0.1) is 0 Å². The SMILES string of the molecule is COC(=O)CC1CCCCN1Cc1ccc(Br)o1. The van der Waals surface area contributed by atoms with Gasteiger partial charge in [0, 0.05) is 6.04 Å². The fourth-order valence-corrected chi connectivity index (χ4v) is 2.75. The molecule has 1 aromatic rings. The van der Waals surface area contributed by atoms with Crippen molar-refractivity contribution in [1.82, 2.24) is 4.90 Å². The molecule has 0 amide bonds. The fourth-order valence-electron chi connectivity index (χ4n) is 2.41. The molecule has 1 saturated heterocycles. The predicted molar refractivity (Wildman–Crippen MR) is 71.1 cm³/mol. The lowest BCUT2D eigenvalue weighted by Gasteiger charge is -2.34. The molecule has 0 aromatic carbocycles. The highest BCUT2D eigenvalue weighted by Gasteiger charge is 2.25. The Hall–Kier alpha value is -0.810. The fraction of sp³-hybridized carbons (Fsp3) is 0.615. The van der Waals surface area contributed by atoms with E-state index in [-0.39, 0.29) is 12.0 Å². The number of ether oxygens (including phenoxy) is 1. The molecule has 0 spiro atoms. The summed E-state index contributed by atoms with van der Waals surface area (Å²) in [6.45, 7) is 1.77. The molecule has 1 atom stereocenters. The maximum absolute atomic E-state index is 11.4. The Balaban J connectivity index is 1.96. The van der Waals surface area contributed by atoms with Gasteiger partial charge in [-0.1, -0.05) is 6.42 Å². The average molecular weight is 316 g/mol. The lowest BCUT2D eigenvalue weighted by Crippen LogP contribution is -2.40. The smallest absolute Gasteiger partial charge is 0.307 e. The standard InChI is InChI=1S/C13H18BrNO3/c1-17-13(16)8-10-4-2-3-7-15(10)9-11-5-6-12(14)18-11/h5-6,10H,2-4,7-9H2,1H3. The van der Waals surface area contributed by atoms with E-state index in [4.69, 9.17) is 9.15 Å². The summed E-state index contributed by atoms with van der Waals surface area (Å²) >= 11 is 3.30. The predicted octanol–water partition coefficient (Wildman–Crippen LogP) is 2.96. The number of hydrogen-bond acceptors (Lipinski definition) is 4. The zero-order valence-corrected chi connectivity index (χ0v) is 12.1. The monoisotopic (exact) mass is 315 g/mol. The summed E-state index contributed by atoms with van der Waals surface area (Å²) in [7, 11) is 1.44. The van der Waals surface area contributed by atoms with Gasteiger partial charge in [-0.25, -0.2) is 0 Å². The summed E-state index contributed by atoms with van der Waals surface area (Å²) < 4.78 is 11.0. The van der Waals surface area contributed by atoms with Gasteiger partial charge in [0.25, 0.3) is 0 Å². The molecule has 1 aliphatic heterocycles. The van der Waals surface area contributed by atoms with Crippen LogP contribution >= 0.6 is 15.9 Å². The van der Waals surface area contributed by atoms with E-state index in [1.165, 1.54) is 20.0 Å². The Morgan fingerprint density at radius 2 is 2.39 bits per heavy atom. The average Bonchev–Trinajstić information content (AvgIpc) is 2.77. The molecule has 2 rings (SSSR count). The minimum Gasteiger partial charge on any atom is -0.469 e. The Bertz CT molecular complexity index is 405.